The van der Waals surface area contributed by atoms with E-state index >= 15 is 4.39 Å². The number of aliphatic hydroxyl groups is 1. The van der Waals surface area contributed by atoms with Crippen LogP contribution in [0, 0.1) is 12.7 Å². The van der Waals surface area contributed by atoms with Crippen molar-refractivity contribution in [2.45, 2.75) is 45.4 Å². The summed E-state index contributed by atoms with van der Waals surface area (Å²) in [6.07, 6.45) is 2.34. The summed E-state index contributed by atoms with van der Waals surface area (Å²) in [7, 11) is 0. The molecule has 278 valence electrons. The SMILES string of the molecule is CC[C@@]1(O)C(=O)OCc2c1cc1n(c2=O)Cc2c-1nc1cc(F)c3c(c1c2C)N(C(=O)CNC(=O)CCOCCOCCN1C(=O)C=CC1=O)CCO3. The summed E-state index contributed by atoms with van der Waals surface area (Å²) in [5, 5.41) is 14.2. The Labute approximate surface area is 301 Å². The van der Waals surface area contributed by atoms with Crippen molar-refractivity contribution in [3.63, 3.8) is 0 Å². The van der Waals surface area contributed by atoms with E-state index < -0.39 is 34.8 Å². The number of hydrogen-bond donors (Lipinski definition) is 2. The second kappa shape index (κ2) is 14.1. The summed E-state index contributed by atoms with van der Waals surface area (Å²) in [4.78, 5) is 82.6. The topological polar surface area (TPSA) is 196 Å². The van der Waals surface area contributed by atoms with Crippen molar-refractivity contribution in [2.24, 2.45) is 0 Å². The van der Waals surface area contributed by atoms with Crippen LogP contribution in [-0.2, 0) is 56.9 Å². The monoisotopic (exact) mass is 733 g/mol. The van der Waals surface area contributed by atoms with Gasteiger partial charge in [0.15, 0.2) is 17.2 Å². The number of aryl methyl sites for hydroxylation is 1. The molecular formula is C36H36FN5O11. The van der Waals surface area contributed by atoms with E-state index in [2.05, 4.69) is 5.32 Å². The molecule has 0 saturated carbocycles. The standard InChI is InChI=1S/C36H36FN5O11/c1-3-36(49)22-14-25-31-20(17-42(25)34(47)21(22)18-53-35(36)48)19(2)30-24(39-31)15-23(37)33-32(30)41(8-11-52-33)29(46)16-38-26(43)6-9-50-12-13-51-10-7-40-27(44)4-5-28(40)45/h4-5,14-15,49H,3,6-13,16-18H2,1-2H3,(H,38,43)/t36-/m0/s1. The van der Waals surface area contributed by atoms with E-state index in [0.717, 1.165) is 4.90 Å². The van der Waals surface area contributed by atoms with Gasteiger partial charge in [-0.1, -0.05) is 6.92 Å². The summed E-state index contributed by atoms with van der Waals surface area (Å²) in [5.41, 5.74) is 0.268. The highest BCUT2D eigenvalue weighted by Crippen LogP contribution is 2.46. The Bertz CT molecular complexity index is 2170. The molecule has 0 saturated heterocycles. The zero-order chi connectivity index (χ0) is 37.6. The summed E-state index contributed by atoms with van der Waals surface area (Å²) in [5.74, 6) is -3.45. The number of cyclic esters (lactones) is 1. The predicted molar refractivity (Wildman–Crippen MR) is 182 cm³/mol. The maximum atomic E-state index is 15.6. The molecule has 4 aliphatic heterocycles. The summed E-state index contributed by atoms with van der Waals surface area (Å²) in [6.45, 7) is 3.60. The Morgan fingerprint density at radius 1 is 1.04 bits per heavy atom. The lowest BCUT2D eigenvalue weighted by Crippen LogP contribution is -2.44. The van der Waals surface area contributed by atoms with Crippen molar-refractivity contribution in [2.75, 3.05) is 57.6 Å². The van der Waals surface area contributed by atoms with Crippen molar-refractivity contribution < 1.29 is 52.4 Å². The number of fused-ring (bicyclic) bond motifs is 7. The summed E-state index contributed by atoms with van der Waals surface area (Å²) >= 11 is 0. The second-order valence-corrected chi connectivity index (χ2v) is 12.9. The van der Waals surface area contributed by atoms with E-state index in [4.69, 9.17) is 23.9 Å². The molecule has 2 aromatic heterocycles. The third-order valence-corrected chi connectivity index (χ3v) is 9.91. The van der Waals surface area contributed by atoms with Crippen LogP contribution >= 0.6 is 0 Å². The largest absolute Gasteiger partial charge is 0.486 e. The number of benzene rings is 1. The first kappa shape index (κ1) is 35.9. The first-order valence-corrected chi connectivity index (χ1v) is 17.2. The van der Waals surface area contributed by atoms with Crippen LogP contribution in [0.15, 0.2) is 29.1 Å². The summed E-state index contributed by atoms with van der Waals surface area (Å²) in [6, 6.07) is 2.77. The van der Waals surface area contributed by atoms with Crippen molar-refractivity contribution >= 4 is 46.2 Å². The third-order valence-electron chi connectivity index (χ3n) is 9.91. The van der Waals surface area contributed by atoms with Crippen molar-refractivity contribution in [1.29, 1.82) is 0 Å². The maximum Gasteiger partial charge on any atom is 0.343 e. The minimum atomic E-state index is -2.00. The number of imide groups is 1. The minimum Gasteiger partial charge on any atom is -0.486 e. The molecule has 0 spiro atoms. The second-order valence-electron chi connectivity index (χ2n) is 12.9. The quantitative estimate of drug-likeness (QED) is 0.118. The third kappa shape index (κ3) is 6.23. The van der Waals surface area contributed by atoms with Crippen LogP contribution in [-0.4, -0.2) is 102 Å². The molecule has 17 heteroatoms. The van der Waals surface area contributed by atoms with E-state index in [-0.39, 0.29) is 119 Å². The van der Waals surface area contributed by atoms with Crippen LogP contribution in [0.4, 0.5) is 10.1 Å². The van der Waals surface area contributed by atoms with Crippen molar-refractivity contribution in [3.8, 4) is 17.1 Å². The van der Waals surface area contributed by atoms with Crippen molar-refractivity contribution in [1.82, 2.24) is 19.8 Å². The molecule has 0 fully saturated rings. The minimum absolute atomic E-state index is 0.0114. The van der Waals surface area contributed by atoms with Crippen LogP contribution in [0.25, 0.3) is 22.3 Å². The van der Waals surface area contributed by atoms with Gasteiger partial charge in [-0.05, 0) is 25.0 Å². The van der Waals surface area contributed by atoms with Crippen LogP contribution in [0.3, 0.4) is 0 Å². The highest BCUT2D eigenvalue weighted by molar-refractivity contribution is 6.13. The molecule has 53 heavy (non-hydrogen) atoms. The Hall–Kier alpha value is -5.52. The smallest absolute Gasteiger partial charge is 0.343 e. The number of carbonyl (C=O) groups is 5. The van der Waals surface area contributed by atoms with E-state index in [0.29, 0.717) is 27.9 Å². The molecule has 1 aromatic carbocycles. The number of rotatable bonds is 12. The molecule has 0 bridgehead atoms. The summed E-state index contributed by atoms with van der Waals surface area (Å²) < 4.78 is 38.7. The van der Waals surface area contributed by atoms with Gasteiger partial charge in [0.2, 0.25) is 11.8 Å². The number of pyridine rings is 2. The zero-order valence-electron chi connectivity index (χ0n) is 29.0. The molecule has 0 aliphatic carbocycles. The van der Waals surface area contributed by atoms with E-state index in [9.17, 15) is 33.9 Å². The Balaban J connectivity index is 1.03. The van der Waals surface area contributed by atoms with E-state index in [1.807, 2.05) is 0 Å². The van der Waals surface area contributed by atoms with Gasteiger partial charge >= 0.3 is 5.97 Å². The van der Waals surface area contributed by atoms with Crippen LogP contribution in [0.2, 0.25) is 0 Å². The van der Waals surface area contributed by atoms with Crippen molar-refractivity contribution in [3.05, 3.63) is 62.7 Å². The fraction of sp³-hybridized carbons (Fsp3) is 0.417. The van der Waals surface area contributed by atoms with Gasteiger partial charge in [0.25, 0.3) is 17.4 Å². The molecule has 0 radical (unpaired) electrons. The van der Waals surface area contributed by atoms with Gasteiger partial charge in [-0.3, -0.25) is 28.9 Å². The van der Waals surface area contributed by atoms with Crippen LogP contribution in [0.1, 0.15) is 42.0 Å². The number of anilines is 1. The predicted octanol–water partition coefficient (Wildman–Crippen LogP) is 0.717. The average Bonchev–Trinajstić information content (AvgIpc) is 3.68. The van der Waals surface area contributed by atoms with Crippen LogP contribution in [0.5, 0.6) is 5.75 Å². The molecule has 1 atom stereocenters. The highest BCUT2D eigenvalue weighted by Gasteiger charge is 2.45. The van der Waals surface area contributed by atoms with Gasteiger partial charge in [0.05, 0.1) is 80.8 Å². The fourth-order valence-corrected chi connectivity index (χ4v) is 7.04. The Kier molecular flexibility index (Phi) is 9.56. The number of nitrogens with zero attached hydrogens (tertiary/aromatic N) is 4. The van der Waals surface area contributed by atoms with Gasteiger partial charge in [-0.25, -0.2) is 14.2 Å². The van der Waals surface area contributed by atoms with Gasteiger partial charge in [-0.15, -0.1) is 0 Å². The average molecular weight is 734 g/mol. The number of esters is 1. The van der Waals surface area contributed by atoms with E-state index in [1.54, 1.807) is 19.9 Å². The van der Waals surface area contributed by atoms with Gasteiger partial charge < -0.3 is 38.8 Å². The number of carbonyl (C=O) groups excluding carboxylic acids is 5. The molecule has 16 nitrogen and oxygen atoms in total. The molecular weight excluding hydrogens is 697 g/mol. The number of aromatic nitrogens is 2. The lowest BCUT2D eigenvalue weighted by atomic mass is 9.86. The number of hydrogen-bond acceptors (Lipinski definition) is 12. The molecule has 4 aliphatic rings. The maximum absolute atomic E-state index is 15.6. The van der Waals surface area contributed by atoms with E-state index in [1.165, 1.54) is 27.7 Å². The molecule has 4 amide bonds. The lowest BCUT2D eigenvalue weighted by molar-refractivity contribution is -0.172. The highest BCUT2D eigenvalue weighted by atomic mass is 19.1. The number of amides is 4. The Morgan fingerprint density at radius 3 is 2.51 bits per heavy atom. The number of ether oxygens (including phenoxy) is 4. The molecule has 3 aromatic rings. The molecule has 6 heterocycles. The van der Waals surface area contributed by atoms with Gasteiger partial charge in [-0.2, -0.15) is 0 Å². The van der Waals surface area contributed by atoms with Gasteiger partial charge in [0.1, 0.15) is 13.2 Å². The number of halogens is 1. The fourth-order valence-electron chi connectivity index (χ4n) is 7.04. The molecule has 0 unspecified atom stereocenters. The zero-order valence-corrected chi connectivity index (χ0v) is 29.0. The molecule has 7 rings (SSSR count). The number of nitrogens with one attached hydrogen (secondary N) is 1. The normalized spacial score (nSPS) is 18.5. The van der Waals surface area contributed by atoms with Crippen LogP contribution < -0.4 is 20.5 Å². The lowest BCUT2D eigenvalue weighted by Gasteiger charge is -2.32. The van der Waals surface area contributed by atoms with Gasteiger partial charge in [0, 0.05) is 41.2 Å². The first-order valence-electron chi connectivity index (χ1n) is 17.2. The Morgan fingerprint density at radius 2 is 1.77 bits per heavy atom. The first-order chi connectivity index (χ1) is 25.4. The molecule has 2 N–H and O–H groups in total.